The Labute approximate surface area is 92.2 Å². The first kappa shape index (κ1) is 10.4. The Morgan fingerprint density at radius 2 is 2.53 bits per heavy atom. The van der Waals surface area contributed by atoms with E-state index in [1.165, 1.54) is 0 Å². The van der Waals surface area contributed by atoms with Gasteiger partial charge in [0.05, 0.1) is 11.4 Å². The van der Waals surface area contributed by atoms with Crippen molar-refractivity contribution in [2.45, 2.75) is 25.2 Å². The van der Waals surface area contributed by atoms with Gasteiger partial charge in [-0.3, -0.25) is 0 Å². The zero-order chi connectivity index (χ0) is 10.8. The molecular formula is C9H13N3O2S. The van der Waals surface area contributed by atoms with Crippen LogP contribution in [0.4, 0.5) is 4.79 Å². The molecule has 1 N–H and O–H groups in total. The number of aromatic nitrogens is 2. The Balaban J connectivity index is 2.11. The fourth-order valence-electron chi connectivity index (χ4n) is 1.54. The van der Waals surface area contributed by atoms with Gasteiger partial charge < -0.3 is 14.6 Å². The molecule has 15 heavy (non-hydrogen) atoms. The Morgan fingerprint density at radius 1 is 1.73 bits per heavy atom. The minimum Gasteiger partial charge on any atom is -0.443 e. The Kier molecular flexibility index (Phi) is 2.86. The summed E-state index contributed by atoms with van der Waals surface area (Å²) < 4.78 is 7.14. The molecule has 1 aromatic rings. The summed E-state index contributed by atoms with van der Waals surface area (Å²) in [7, 11) is 1.55. The summed E-state index contributed by atoms with van der Waals surface area (Å²) in [6.45, 7) is 3.18. The second kappa shape index (κ2) is 4.14. The second-order valence-corrected chi connectivity index (χ2v) is 4.31. The number of alkyl carbamates (subject to hydrolysis) is 1. The van der Waals surface area contributed by atoms with Crippen LogP contribution in [0, 0.1) is 6.92 Å². The molecule has 0 aliphatic carbocycles. The van der Waals surface area contributed by atoms with Crippen LogP contribution in [-0.4, -0.2) is 28.4 Å². The van der Waals surface area contributed by atoms with Crippen LogP contribution in [0.5, 0.6) is 0 Å². The monoisotopic (exact) mass is 227 g/mol. The van der Waals surface area contributed by atoms with Crippen molar-refractivity contribution in [2.24, 2.45) is 0 Å². The van der Waals surface area contributed by atoms with Crippen LogP contribution in [0.2, 0.25) is 0 Å². The molecule has 82 valence electrons. The summed E-state index contributed by atoms with van der Waals surface area (Å²) in [6.07, 6.45) is -0.407. The molecule has 0 aromatic carbocycles. The fourth-order valence-corrected chi connectivity index (χ4v) is 2.55. The molecule has 0 fully saturated rings. The van der Waals surface area contributed by atoms with E-state index in [1.54, 1.807) is 18.8 Å². The highest BCUT2D eigenvalue weighted by Crippen LogP contribution is 2.28. The third-order valence-corrected chi connectivity index (χ3v) is 3.28. The number of hydrogen-bond donors (Lipinski definition) is 1. The van der Waals surface area contributed by atoms with E-state index in [9.17, 15) is 4.79 Å². The highest BCUT2D eigenvalue weighted by molar-refractivity contribution is 7.99. The molecule has 0 bridgehead atoms. The standard InChI is InChI=1S/C9H13N3O2S/c1-6-7(5-14-9(13)10-2)12-3-4-15-8(12)11-6/h3-5H2,1-2H3,(H,10,13). The molecule has 5 nitrogen and oxygen atoms in total. The number of hydrogen-bond acceptors (Lipinski definition) is 4. The molecule has 2 rings (SSSR count). The largest absolute Gasteiger partial charge is 0.443 e. The number of fused-ring (bicyclic) bond motifs is 1. The van der Waals surface area contributed by atoms with Gasteiger partial charge in [-0.15, -0.1) is 0 Å². The van der Waals surface area contributed by atoms with Crippen LogP contribution in [0.15, 0.2) is 5.16 Å². The van der Waals surface area contributed by atoms with E-state index in [-0.39, 0.29) is 0 Å². The lowest BCUT2D eigenvalue weighted by Crippen LogP contribution is -2.20. The van der Waals surface area contributed by atoms with E-state index in [2.05, 4.69) is 14.9 Å². The number of carbonyl (C=O) groups is 1. The fraction of sp³-hybridized carbons (Fsp3) is 0.556. The molecule has 1 aliphatic heterocycles. The summed E-state index contributed by atoms with van der Waals surface area (Å²) in [4.78, 5) is 15.4. The Morgan fingerprint density at radius 3 is 3.27 bits per heavy atom. The number of rotatable bonds is 2. The Bertz CT molecular complexity index is 389. The number of amides is 1. The van der Waals surface area contributed by atoms with Crippen LogP contribution >= 0.6 is 11.8 Å². The van der Waals surface area contributed by atoms with Crippen molar-refractivity contribution < 1.29 is 9.53 Å². The first-order valence-electron chi connectivity index (χ1n) is 4.75. The molecule has 0 spiro atoms. The maximum Gasteiger partial charge on any atom is 0.407 e. The third kappa shape index (κ3) is 1.94. The predicted molar refractivity (Wildman–Crippen MR) is 56.9 cm³/mol. The van der Waals surface area contributed by atoms with E-state index in [0.717, 1.165) is 28.8 Å². The molecule has 2 heterocycles. The summed E-state index contributed by atoms with van der Waals surface area (Å²) in [5.41, 5.74) is 1.94. The number of nitrogens with zero attached hydrogens (tertiary/aromatic N) is 2. The number of nitrogens with one attached hydrogen (secondary N) is 1. The maximum atomic E-state index is 11.0. The lowest BCUT2D eigenvalue weighted by molar-refractivity contribution is 0.139. The summed E-state index contributed by atoms with van der Waals surface area (Å²) in [5.74, 6) is 1.05. The van der Waals surface area contributed by atoms with Crippen molar-refractivity contribution in [2.75, 3.05) is 12.8 Å². The zero-order valence-electron chi connectivity index (χ0n) is 8.74. The molecule has 0 unspecified atom stereocenters. The smallest absolute Gasteiger partial charge is 0.407 e. The van der Waals surface area contributed by atoms with Crippen molar-refractivity contribution in [1.82, 2.24) is 14.9 Å². The van der Waals surface area contributed by atoms with Gasteiger partial charge in [-0.25, -0.2) is 9.78 Å². The molecule has 0 saturated heterocycles. The van der Waals surface area contributed by atoms with Crippen molar-refractivity contribution in [3.05, 3.63) is 11.4 Å². The maximum absolute atomic E-state index is 11.0. The molecule has 1 aliphatic rings. The minimum absolute atomic E-state index is 0.291. The van der Waals surface area contributed by atoms with Crippen molar-refractivity contribution in [3.8, 4) is 0 Å². The minimum atomic E-state index is -0.407. The van der Waals surface area contributed by atoms with Gasteiger partial charge >= 0.3 is 6.09 Å². The number of carbonyl (C=O) groups excluding carboxylic acids is 1. The number of aryl methyl sites for hydroxylation is 1. The average molecular weight is 227 g/mol. The first-order valence-corrected chi connectivity index (χ1v) is 5.74. The van der Waals surface area contributed by atoms with Gasteiger partial charge in [0.1, 0.15) is 6.61 Å². The van der Waals surface area contributed by atoms with E-state index in [1.807, 2.05) is 6.92 Å². The van der Waals surface area contributed by atoms with Gasteiger partial charge in [-0.1, -0.05) is 11.8 Å². The lowest BCUT2D eigenvalue weighted by Gasteiger charge is -2.06. The van der Waals surface area contributed by atoms with Crippen LogP contribution < -0.4 is 5.32 Å². The number of thioether (sulfide) groups is 1. The number of ether oxygens (including phenoxy) is 1. The van der Waals surface area contributed by atoms with E-state index in [4.69, 9.17) is 4.74 Å². The lowest BCUT2D eigenvalue weighted by atomic mass is 10.3. The SMILES string of the molecule is CNC(=O)OCc1c(C)nc2n1CCS2. The van der Waals surface area contributed by atoms with Gasteiger partial charge in [0.2, 0.25) is 0 Å². The van der Waals surface area contributed by atoms with Crippen LogP contribution in [0.25, 0.3) is 0 Å². The zero-order valence-corrected chi connectivity index (χ0v) is 9.56. The van der Waals surface area contributed by atoms with Gasteiger partial charge in [0.15, 0.2) is 5.16 Å². The first-order chi connectivity index (χ1) is 7.22. The van der Waals surface area contributed by atoms with Gasteiger partial charge in [0, 0.05) is 19.3 Å². The van der Waals surface area contributed by atoms with Gasteiger partial charge in [-0.05, 0) is 6.92 Å². The van der Waals surface area contributed by atoms with Crippen molar-refractivity contribution in [3.63, 3.8) is 0 Å². The molecule has 0 radical (unpaired) electrons. The molecule has 1 aromatic heterocycles. The topological polar surface area (TPSA) is 56.1 Å². The predicted octanol–water partition coefficient (Wildman–Crippen LogP) is 1.15. The van der Waals surface area contributed by atoms with Crippen molar-refractivity contribution >= 4 is 17.9 Å². The van der Waals surface area contributed by atoms with E-state index in [0.29, 0.717) is 6.61 Å². The molecule has 1 amide bonds. The molecule has 0 atom stereocenters. The summed E-state index contributed by atoms with van der Waals surface area (Å²) >= 11 is 1.74. The second-order valence-electron chi connectivity index (χ2n) is 3.25. The van der Waals surface area contributed by atoms with Crippen LogP contribution in [0.3, 0.4) is 0 Å². The molecular weight excluding hydrogens is 214 g/mol. The van der Waals surface area contributed by atoms with Gasteiger partial charge in [-0.2, -0.15) is 0 Å². The normalized spacial score (nSPS) is 13.7. The highest BCUT2D eigenvalue weighted by atomic mass is 32.2. The Hall–Kier alpha value is -1.17. The highest BCUT2D eigenvalue weighted by Gasteiger charge is 2.20. The van der Waals surface area contributed by atoms with Crippen LogP contribution in [0.1, 0.15) is 11.4 Å². The number of imidazole rings is 1. The molecule has 6 heteroatoms. The van der Waals surface area contributed by atoms with E-state index >= 15 is 0 Å². The average Bonchev–Trinajstić information content (AvgIpc) is 2.75. The van der Waals surface area contributed by atoms with E-state index < -0.39 is 6.09 Å². The van der Waals surface area contributed by atoms with Gasteiger partial charge in [0.25, 0.3) is 0 Å². The molecule has 0 saturated carbocycles. The summed E-state index contributed by atoms with van der Waals surface area (Å²) in [5, 5.41) is 3.45. The van der Waals surface area contributed by atoms with Crippen molar-refractivity contribution in [1.29, 1.82) is 0 Å². The quantitative estimate of drug-likeness (QED) is 0.823. The van der Waals surface area contributed by atoms with Crippen LogP contribution in [-0.2, 0) is 17.9 Å². The third-order valence-electron chi connectivity index (χ3n) is 2.33. The summed E-state index contributed by atoms with van der Waals surface area (Å²) in [6, 6.07) is 0.